The molecule has 0 radical (unpaired) electrons. The zero-order chi connectivity index (χ0) is 18.7. The lowest BCUT2D eigenvalue weighted by Crippen LogP contribution is -2.44. The van der Waals surface area contributed by atoms with E-state index in [1.807, 2.05) is 0 Å². The Morgan fingerprint density at radius 2 is 1.92 bits per heavy atom. The van der Waals surface area contributed by atoms with Gasteiger partial charge in [0.15, 0.2) is 11.6 Å². The van der Waals surface area contributed by atoms with Crippen LogP contribution in [0.5, 0.6) is 11.5 Å². The molecule has 2 aromatic carbocycles. The standard InChI is InChI=1S/C19H18BrFN2O3/c20-14-4-6-15(7-5-14)26-17-8-3-12(10-16(17)21)19(25)23-9-1-2-13(11-23)18(22)24/h3-8,10,13H,1-2,9,11H2,(H2,22,24). The number of hydrogen-bond acceptors (Lipinski definition) is 3. The first-order chi connectivity index (χ1) is 12.4. The number of nitrogens with zero attached hydrogens (tertiary/aromatic N) is 1. The molecule has 5 nitrogen and oxygen atoms in total. The van der Waals surface area contributed by atoms with Crippen molar-refractivity contribution in [3.05, 3.63) is 58.3 Å². The van der Waals surface area contributed by atoms with Gasteiger partial charge in [-0.1, -0.05) is 15.9 Å². The Morgan fingerprint density at radius 3 is 2.58 bits per heavy atom. The molecule has 1 unspecified atom stereocenters. The number of primary amides is 1. The predicted molar refractivity (Wildman–Crippen MR) is 98.4 cm³/mol. The molecule has 1 fully saturated rings. The molecule has 136 valence electrons. The van der Waals surface area contributed by atoms with Crippen LogP contribution >= 0.6 is 15.9 Å². The Morgan fingerprint density at radius 1 is 1.19 bits per heavy atom. The van der Waals surface area contributed by atoms with Crippen molar-refractivity contribution in [3.63, 3.8) is 0 Å². The van der Waals surface area contributed by atoms with Crippen LogP contribution in [-0.2, 0) is 4.79 Å². The van der Waals surface area contributed by atoms with Crippen molar-refractivity contribution in [1.82, 2.24) is 4.90 Å². The minimum Gasteiger partial charge on any atom is -0.454 e. The SMILES string of the molecule is NC(=O)C1CCCN(C(=O)c2ccc(Oc3ccc(Br)cc3)c(F)c2)C1. The van der Waals surface area contributed by atoms with Crippen molar-refractivity contribution >= 4 is 27.7 Å². The summed E-state index contributed by atoms with van der Waals surface area (Å²) in [5, 5.41) is 0. The number of ether oxygens (including phenoxy) is 1. The number of amides is 2. The van der Waals surface area contributed by atoms with Gasteiger partial charge in [0.1, 0.15) is 5.75 Å². The molecule has 2 amide bonds. The number of hydrogen-bond donors (Lipinski definition) is 1. The summed E-state index contributed by atoms with van der Waals surface area (Å²) in [7, 11) is 0. The van der Waals surface area contributed by atoms with Gasteiger partial charge in [0.2, 0.25) is 5.91 Å². The molecule has 0 aromatic heterocycles. The quantitative estimate of drug-likeness (QED) is 0.818. The Labute approximate surface area is 159 Å². The highest BCUT2D eigenvalue weighted by Crippen LogP contribution is 2.27. The van der Waals surface area contributed by atoms with Crippen LogP contribution in [0.25, 0.3) is 0 Å². The summed E-state index contributed by atoms with van der Waals surface area (Å²) >= 11 is 3.32. The van der Waals surface area contributed by atoms with E-state index in [1.54, 1.807) is 29.2 Å². The first kappa shape index (κ1) is 18.4. The summed E-state index contributed by atoms with van der Waals surface area (Å²) in [6.45, 7) is 0.800. The molecule has 0 saturated carbocycles. The van der Waals surface area contributed by atoms with E-state index in [2.05, 4.69) is 15.9 Å². The van der Waals surface area contributed by atoms with Gasteiger partial charge in [-0.15, -0.1) is 0 Å². The van der Waals surface area contributed by atoms with E-state index in [1.165, 1.54) is 12.1 Å². The largest absolute Gasteiger partial charge is 0.454 e. The fourth-order valence-corrected chi connectivity index (χ4v) is 3.19. The fourth-order valence-electron chi connectivity index (χ4n) is 2.92. The number of nitrogens with two attached hydrogens (primary N) is 1. The molecule has 0 spiro atoms. The van der Waals surface area contributed by atoms with Crippen LogP contribution in [0.15, 0.2) is 46.9 Å². The number of carbonyl (C=O) groups is 2. The lowest BCUT2D eigenvalue weighted by molar-refractivity contribution is -0.123. The molecule has 1 atom stereocenters. The minimum absolute atomic E-state index is 0.0394. The summed E-state index contributed by atoms with van der Waals surface area (Å²) in [4.78, 5) is 25.5. The number of halogens is 2. The van der Waals surface area contributed by atoms with E-state index in [4.69, 9.17) is 10.5 Å². The van der Waals surface area contributed by atoms with Crippen molar-refractivity contribution < 1.29 is 18.7 Å². The van der Waals surface area contributed by atoms with Gasteiger partial charge in [-0.25, -0.2) is 4.39 Å². The molecule has 1 aliphatic rings. The molecule has 2 aromatic rings. The Bertz CT molecular complexity index is 826. The van der Waals surface area contributed by atoms with E-state index >= 15 is 0 Å². The second-order valence-electron chi connectivity index (χ2n) is 6.19. The van der Waals surface area contributed by atoms with Crippen molar-refractivity contribution in [2.24, 2.45) is 11.7 Å². The molecule has 1 heterocycles. The van der Waals surface area contributed by atoms with Gasteiger partial charge in [0, 0.05) is 23.1 Å². The maximum Gasteiger partial charge on any atom is 0.253 e. The first-order valence-corrected chi connectivity index (χ1v) is 9.05. The highest BCUT2D eigenvalue weighted by atomic mass is 79.9. The van der Waals surface area contributed by atoms with Crippen molar-refractivity contribution in [2.45, 2.75) is 12.8 Å². The fraction of sp³-hybridized carbons (Fsp3) is 0.263. The van der Waals surface area contributed by atoms with Crippen molar-refractivity contribution in [2.75, 3.05) is 13.1 Å². The topological polar surface area (TPSA) is 72.6 Å². The monoisotopic (exact) mass is 420 g/mol. The third-order valence-corrected chi connectivity index (χ3v) is 4.86. The summed E-state index contributed by atoms with van der Waals surface area (Å²) in [6, 6.07) is 11.1. The third-order valence-electron chi connectivity index (χ3n) is 4.33. The van der Waals surface area contributed by atoms with Gasteiger partial charge in [0.05, 0.1) is 5.92 Å². The molecule has 2 N–H and O–H groups in total. The molecule has 26 heavy (non-hydrogen) atoms. The Balaban J connectivity index is 1.73. The van der Waals surface area contributed by atoms with Crippen LogP contribution in [-0.4, -0.2) is 29.8 Å². The minimum atomic E-state index is -0.623. The average molecular weight is 421 g/mol. The number of rotatable bonds is 4. The van der Waals surface area contributed by atoms with E-state index in [9.17, 15) is 14.0 Å². The van der Waals surface area contributed by atoms with E-state index in [0.717, 1.165) is 10.5 Å². The van der Waals surface area contributed by atoms with Crippen LogP contribution in [0.2, 0.25) is 0 Å². The molecule has 0 aliphatic carbocycles. The van der Waals surface area contributed by atoms with Crippen molar-refractivity contribution in [1.29, 1.82) is 0 Å². The van der Waals surface area contributed by atoms with Gasteiger partial charge in [-0.3, -0.25) is 9.59 Å². The smallest absolute Gasteiger partial charge is 0.253 e. The number of benzene rings is 2. The highest BCUT2D eigenvalue weighted by Gasteiger charge is 2.28. The lowest BCUT2D eigenvalue weighted by Gasteiger charge is -2.31. The molecule has 3 rings (SSSR count). The third kappa shape index (κ3) is 4.22. The Kier molecular flexibility index (Phi) is 5.56. The van der Waals surface area contributed by atoms with Crippen LogP contribution in [0.1, 0.15) is 23.2 Å². The van der Waals surface area contributed by atoms with Crippen molar-refractivity contribution in [3.8, 4) is 11.5 Å². The van der Waals surface area contributed by atoms with Gasteiger partial charge < -0.3 is 15.4 Å². The van der Waals surface area contributed by atoms with E-state index in [-0.39, 0.29) is 29.7 Å². The van der Waals surface area contributed by atoms with Gasteiger partial charge in [-0.05, 0) is 55.3 Å². The number of piperidine rings is 1. The molecule has 1 aliphatic heterocycles. The Hall–Kier alpha value is -2.41. The second kappa shape index (κ2) is 7.86. The lowest BCUT2D eigenvalue weighted by atomic mass is 9.97. The van der Waals surface area contributed by atoms with Gasteiger partial charge in [0.25, 0.3) is 5.91 Å². The summed E-state index contributed by atoms with van der Waals surface area (Å²) in [6.07, 6.45) is 1.38. The maximum absolute atomic E-state index is 14.4. The van der Waals surface area contributed by atoms with Crippen LogP contribution in [0, 0.1) is 11.7 Å². The second-order valence-corrected chi connectivity index (χ2v) is 7.11. The van der Waals surface area contributed by atoms with Gasteiger partial charge >= 0.3 is 0 Å². The first-order valence-electron chi connectivity index (χ1n) is 8.25. The van der Waals surface area contributed by atoms with E-state index < -0.39 is 11.7 Å². The zero-order valence-corrected chi connectivity index (χ0v) is 15.5. The zero-order valence-electron chi connectivity index (χ0n) is 14.0. The molecule has 1 saturated heterocycles. The average Bonchev–Trinajstić information content (AvgIpc) is 2.64. The number of carbonyl (C=O) groups excluding carboxylic acids is 2. The summed E-state index contributed by atoms with van der Waals surface area (Å²) in [5.41, 5.74) is 5.56. The predicted octanol–water partition coefficient (Wildman–Crippen LogP) is 3.72. The molecule has 7 heteroatoms. The number of likely N-dealkylation sites (tertiary alicyclic amines) is 1. The molecule has 0 bridgehead atoms. The van der Waals surface area contributed by atoms with E-state index in [0.29, 0.717) is 25.1 Å². The normalized spacial score (nSPS) is 17.0. The summed E-state index contributed by atoms with van der Waals surface area (Å²) in [5.74, 6) is -1.17. The highest BCUT2D eigenvalue weighted by molar-refractivity contribution is 9.10. The van der Waals surface area contributed by atoms with Crippen LogP contribution in [0.4, 0.5) is 4.39 Å². The molecular formula is C19H18BrFN2O3. The molecular weight excluding hydrogens is 403 g/mol. The summed E-state index contributed by atoms with van der Waals surface area (Å²) < 4.78 is 20.8. The van der Waals surface area contributed by atoms with Gasteiger partial charge in [-0.2, -0.15) is 0 Å². The van der Waals surface area contributed by atoms with Crippen LogP contribution < -0.4 is 10.5 Å². The van der Waals surface area contributed by atoms with Crippen LogP contribution in [0.3, 0.4) is 0 Å². The maximum atomic E-state index is 14.4.